The summed E-state index contributed by atoms with van der Waals surface area (Å²) >= 11 is 2.12. The number of carbonyl (C=O) groups excluding carboxylic acids is 5. The number of hydrogen-bond acceptors (Lipinski definition) is 13. The number of imidazole rings is 2. The van der Waals surface area contributed by atoms with Gasteiger partial charge in [-0.25, -0.2) is 45.9 Å². The van der Waals surface area contributed by atoms with Crippen LogP contribution in [0.4, 0.5) is 43.0 Å². The number of carbonyl (C=O) groups is 6. The molecule has 4 fully saturated rings. The SMILES string of the molecule is C.CC(C)(C)OC(=O)NC1CC(n2c(NC(=O)c3ccc(C(F)F)s3)nc3cc(CC(=O)C4CCCCC4)ccc32)C1.Cl.NC1CC(n2c(NC(=O)c3ccc(C(F)F)s3)nc3cc(CC(=O)C4CCCCC4)ccc32)C1.O=C(O)c1ccc(C(F)F)s1. The summed E-state index contributed by atoms with van der Waals surface area (Å²) in [6.07, 6.45) is 5.82. The lowest BCUT2D eigenvalue weighted by molar-refractivity contribution is -0.123. The lowest BCUT2D eigenvalue weighted by Crippen LogP contribution is -2.46. The predicted molar refractivity (Wildman–Crippen MR) is 332 cm³/mol. The number of amides is 3. The number of fused-ring (bicyclic) bond motifs is 2. The second kappa shape index (κ2) is 30.2. The molecule has 4 saturated carbocycles. The van der Waals surface area contributed by atoms with Gasteiger partial charge < -0.3 is 30.0 Å². The number of alkyl halides is 6. The number of ether oxygens (including phenoxy) is 1. The fraction of sp³-hybridized carbons (Fsp3) is 0.484. The molecule has 16 nitrogen and oxygen atoms in total. The number of nitrogens with one attached hydrogen (secondary N) is 3. The van der Waals surface area contributed by atoms with Crippen molar-refractivity contribution < 1.29 is 65.0 Å². The van der Waals surface area contributed by atoms with Gasteiger partial charge in [-0.3, -0.25) is 29.8 Å². The number of aromatic nitrogens is 4. The van der Waals surface area contributed by atoms with Crippen LogP contribution in [0.2, 0.25) is 0 Å². The molecule has 0 saturated heterocycles. The minimum atomic E-state index is -2.65. The summed E-state index contributed by atoms with van der Waals surface area (Å²) in [6, 6.07) is 19.2. The highest BCUT2D eigenvalue weighted by atomic mass is 35.5. The zero-order chi connectivity index (χ0) is 61.6. The first-order valence-corrected chi connectivity index (χ1v) is 31.2. The summed E-state index contributed by atoms with van der Waals surface area (Å²) in [6.45, 7) is 5.41. The van der Waals surface area contributed by atoms with Crippen molar-refractivity contribution in [2.45, 2.75) is 180 Å². The molecule has 6 N–H and O–H groups in total. The predicted octanol–water partition coefficient (Wildman–Crippen LogP) is 16.3. The molecule has 26 heteroatoms. The van der Waals surface area contributed by atoms with E-state index in [1.54, 1.807) is 20.8 Å². The van der Waals surface area contributed by atoms with Crippen LogP contribution in [0.3, 0.4) is 0 Å². The second-order valence-corrected chi connectivity index (χ2v) is 26.6. The maximum absolute atomic E-state index is 13.1. The zero-order valence-electron chi connectivity index (χ0n) is 48.0. The van der Waals surface area contributed by atoms with Crippen molar-refractivity contribution >= 4 is 116 Å². The van der Waals surface area contributed by atoms with Crippen LogP contribution in [0.5, 0.6) is 0 Å². The lowest BCUT2D eigenvalue weighted by atomic mass is 9.84. The molecule has 4 aliphatic carbocycles. The fourth-order valence-electron chi connectivity index (χ4n) is 11.3. The number of carboxylic acids is 1. The van der Waals surface area contributed by atoms with Gasteiger partial charge in [0.05, 0.1) is 46.5 Å². The molecule has 0 radical (unpaired) electrons. The molecule has 11 rings (SSSR count). The van der Waals surface area contributed by atoms with E-state index in [9.17, 15) is 55.1 Å². The van der Waals surface area contributed by atoms with Gasteiger partial charge in [0.15, 0.2) is 0 Å². The number of rotatable bonds is 17. The highest BCUT2D eigenvalue weighted by Crippen LogP contribution is 2.41. The number of nitrogens with two attached hydrogens (primary N) is 1. The third-order valence-corrected chi connectivity index (χ3v) is 19.0. The van der Waals surface area contributed by atoms with Crippen molar-refractivity contribution in [1.82, 2.24) is 24.4 Å². The van der Waals surface area contributed by atoms with Crippen LogP contribution < -0.4 is 21.7 Å². The molecule has 0 unspecified atom stereocenters. The molecule has 5 aromatic heterocycles. The lowest BCUT2D eigenvalue weighted by Gasteiger charge is -2.37. The average Bonchev–Trinajstić information content (AvgIpc) is 4.53. The molecule has 0 aliphatic heterocycles. The van der Waals surface area contributed by atoms with Crippen LogP contribution in [0, 0.1) is 11.8 Å². The Morgan fingerprint density at radius 3 is 1.34 bits per heavy atom. The van der Waals surface area contributed by atoms with Crippen LogP contribution in [0.15, 0.2) is 72.8 Å². The highest BCUT2D eigenvalue weighted by molar-refractivity contribution is 7.14. The van der Waals surface area contributed by atoms with E-state index in [1.165, 1.54) is 43.2 Å². The third-order valence-electron chi connectivity index (χ3n) is 15.7. The van der Waals surface area contributed by atoms with E-state index in [0.717, 1.165) is 115 Å². The third kappa shape index (κ3) is 17.4. The number of carboxylic acid groups (broad SMARTS) is 1. The van der Waals surface area contributed by atoms with Gasteiger partial charge in [-0.2, -0.15) is 0 Å². The molecule has 88 heavy (non-hydrogen) atoms. The van der Waals surface area contributed by atoms with Gasteiger partial charge in [-0.15, -0.1) is 46.4 Å². The van der Waals surface area contributed by atoms with Gasteiger partial charge in [-0.1, -0.05) is 58.1 Å². The number of aromatic carboxylic acids is 1. The monoisotopic (exact) mass is 1300 g/mol. The minimum Gasteiger partial charge on any atom is -0.477 e. The Hall–Kier alpha value is -6.67. The molecule has 476 valence electrons. The molecular weight excluding hydrogens is 1230 g/mol. The summed E-state index contributed by atoms with van der Waals surface area (Å²) in [4.78, 5) is 83.1. The number of alkyl carbamates (subject to hydrolysis) is 1. The Kier molecular flexibility index (Phi) is 23.6. The van der Waals surface area contributed by atoms with Gasteiger partial charge in [-0.05, 0) is 144 Å². The van der Waals surface area contributed by atoms with Crippen molar-refractivity contribution in [3.63, 3.8) is 0 Å². The first-order chi connectivity index (χ1) is 41.0. The van der Waals surface area contributed by atoms with E-state index in [1.807, 2.05) is 45.5 Å². The largest absolute Gasteiger partial charge is 0.477 e. The van der Waals surface area contributed by atoms with Gasteiger partial charge in [0.25, 0.3) is 31.1 Å². The van der Waals surface area contributed by atoms with Gasteiger partial charge in [0.1, 0.15) is 22.0 Å². The quantitative estimate of drug-likeness (QED) is 0.0539. The summed E-state index contributed by atoms with van der Waals surface area (Å²) in [7, 11) is 0. The van der Waals surface area contributed by atoms with Crippen molar-refractivity contribution in [2.75, 3.05) is 10.6 Å². The molecule has 7 aromatic rings. The van der Waals surface area contributed by atoms with Crippen LogP contribution in [0.1, 0.15) is 204 Å². The van der Waals surface area contributed by atoms with Crippen LogP contribution in [-0.4, -0.2) is 77.3 Å². The molecule has 2 aromatic carbocycles. The maximum Gasteiger partial charge on any atom is 0.407 e. The molecule has 4 aliphatic rings. The molecular formula is C62H73ClF6N8O8S3. The molecule has 3 amide bonds. The van der Waals surface area contributed by atoms with Crippen molar-refractivity contribution in [1.29, 1.82) is 0 Å². The van der Waals surface area contributed by atoms with Gasteiger partial charge in [0, 0.05) is 48.8 Å². The Bertz CT molecular complexity index is 3570. The number of hydrogen-bond donors (Lipinski definition) is 5. The Morgan fingerprint density at radius 1 is 0.602 bits per heavy atom. The van der Waals surface area contributed by atoms with E-state index in [4.69, 9.17) is 20.6 Å². The van der Waals surface area contributed by atoms with Gasteiger partial charge in [0.2, 0.25) is 11.9 Å². The van der Waals surface area contributed by atoms with E-state index in [0.29, 0.717) is 60.0 Å². The second-order valence-electron chi connectivity index (χ2n) is 23.3. The highest BCUT2D eigenvalue weighted by Gasteiger charge is 2.37. The minimum absolute atomic E-state index is 0. The fourth-order valence-corrected chi connectivity index (χ4v) is 13.5. The van der Waals surface area contributed by atoms with Crippen LogP contribution in [-0.2, 0) is 27.2 Å². The van der Waals surface area contributed by atoms with Crippen molar-refractivity contribution in [2.24, 2.45) is 17.6 Å². The summed E-state index contributed by atoms with van der Waals surface area (Å²) in [5.74, 6) is -0.685. The topological polar surface area (TPSA) is 230 Å². The Balaban J connectivity index is 0.000000212. The number of ketones is 2. The average molecular weight is 1300 g/mol. The zero-order valence-corrected chi connectivity index (χ0v) is 51.3. The molecule has 5 heterocycles. The van der Waals surface area contributed by atoms with Crippen molar-refractivity contribution in [3.8, 4) is 0 Å². The van der Waals surface area contributed by atoms with E-state index in [2.05, 4.69) is 20.9 Å². The number of benzene rings is 2. The molecule has 0 spiro atoms. The number of thiophene rings is 3. The summed E-state index contributed by atoms with van der Waals surface area (Å²) < 4.78 is 85.1. The van der Waals surface area contributed by atoms with E-state index < -0.39 is 48.8 Å². The summed E-state index contributed by atoms with van der Waals surface area (Å²) in [5, 5.41) is 16.9. The number of Topliss-reactive ketones (excluding diaryl/α,β-unsaturated/α-hetero) is 2. The first kappa shape index (κ1) is 68.8. The molecule has 0 atom stereocenters. The maximum atomic E-state index is 13.1. The van der Waals surface area contributed by atoms with Crippen LogP contribution >= 0.6 is 46.4 Å². The normalized spacial score (nSPS) is 18.6. The smallest absolute Gasteiger partial charge is 0.407 e. The Morgan fingerprint density at radius 2 is 0.989 bits per heavy atom. The van der Waals surface area contributed by atoms with Crippen molar-refractivity contribution in [3.05, 3.63) is 113 Å². The molecule has 0 bridgehead atoms. The Labute approximate surface area is 523 Å². The van der Waals surface area contributed by atoms with Crippen LogP contribution in [0.25, 0.3) is 22.1 Å². The first-order valence-electron chi connectivity index (χ1n) is 28.8. The standard InChI is InChI=1S/C30H36F2N4O4S.C25H28F2N4O2S.C6H4F2O2S.CH4.ClH/c1-30(2,3)40-29(39)33-19-15-20(16-19)36-22-10-9-17(14-23(37)18-7-5-4-6-8-18)13-21(22)34-28(36)35-27(38)25-12-11-24(41-25)26(31)32;26-23(27)21-8-9-22(34-21)24(33)30-25-29-18-10-14(11-20(32)15-4-2-1-3-5-15)6-7-19(18)31(25)17-12-16(28)13-17;7-5(8)3-1-2-4(11-3)6(9)10;;/h9-13,18-20,26H,4-8,14-16H2,1-3H3,(H,33,39)(H,34,35,38);6-10,15-17,23H,1-5,11-13,28H2,(H,29,30,33);1-2,5H,(H,9,10);1H4;1H. The van der Waals surface area contributed by atoms with E-state index in [-0.39, 0.29) is 96.7 Å². The van der Waals surface area contributed by atoms with Gasteiger partial charge >= 0.3 is 12.1 Å². The number of nitrogens with zero attached hydrogens (tertiary/aromatic N) is 4. The van der Waals surface area contributed by atoms with E-state index >= 15 is 0 Å². The number of halogens is 7. The number of anilines is 2. The summed E-state index contributed by atoms with van der Waals surface area (Å²) in [5.41, 5.74) is 10.2.